The van der Waals surface area contributed by atoms with E-state index in [1.54, 1.807) is 6.92 Å². The zero-order chi connectivity index (χ0) is 17.1. The van der Waals surface area contributed by atoms with Crippen LogP contribution in [-0.4, -0.2) is 61.1 Å². The fraction of sp³-hybridized carbons (Fsp3) is 0.714. The predicted molar refractivity (Wildman–Crippen MR) is 74.4 cm³/mol. The summed E-state index contributed by atoms with van der Waals surface area (Å²) < 4.78 is 26.5. The van der Waals surface area contributed by atoms with Gasteiger partial charge in [-0.3, -0.25) is 14.4 Å². The Balaban J connectivity index is 2.26. The van der Waals surface area contributed by atoms with Crippen molar-refractivity contribution in [1.82, 2.24) is 0 Å². The Labute approximate surface area is 132 Å². The van der Waals surface area contributed by atoms with Crippen LogP contribution in [0.3, 0.4) is 0 Å². The number of esters is 3. The van der Waals surface area contributed by atoms with Gasteiger partial charge in [0.15, 0.2) is 24.1 Å². The molecule has 2 aliphatic rings. The lowest BCUT2D eigenvalue weighted by Gasteiger charge is -2.40. The van der Waals surface area contributed by atoms with Gasteiger partial charge in [-0.05, 0) is 0 Å². The Morgan fingerprint density at radius 2 is 1.65 bits per heavy atom. The highest BCUT2D eigenvalue weighted by molar-refractivity contribution is 5.75. The summed E-state index contributed by atoms with van der Waals surface area (Å²) in [6.45, 7) is 5.17. The molecule has 2 heterocycles. The Kier molecular flexibility index (Phi) is 5.19. The minimum atomic E-state index is -0.963. The average Bonchev–Trinajstić information content (AvgIpc) is 2.78. The molecular weight excluding hydrogens is 310 g/mol. The van der Waals surface area contributed by atoms with Gasteiger partial charge in [0.05, 0.1) is 0 Å². The summed E-state index contributed by atoms with van der Waals surface area (Å²) in [5.74, 6) is -1.28. The number of ether oxygens (including phenoxy) is 5. The van der Waals surface area contributed by atoms with Gasteiger partial charge in [-0.15, -0.1) is 0 Å². The van der Waals surface area contributed by atoms with Gasteiger partial charge in [-0.2, -0.15) is 0 Å². The smallest absolute Gasteiger partial charge is 0.303 e. The molecule has 1 saturated heterocycles. The summed E-state index contributed by atoms with van der Waals surface area (Å²) in [6, 6.07) is -0.656. The van der Waals surface area contributed by atoms with Gasteiger partial charge in [-0.25, -0.2) is 4.99 Å². The maximum absolute atomic E-state index is 11.4. The first-order valence-corrected chi connectivity index (χ1v) is 7.12. The van der Waals surface area contributed by atoms with Crippen molar-refractivity contribution in [2.75, 3.05) is 6.61 Å². The van der Waals surface area contributed by atoms with E-state index in [9.17, 15) is 14.4 Å². The van der Waals surface area contributed by atoms with E-state index in [2.05, 4.69) is 4.99 Å². The summed E-state index contributed by atoms with van der Waals surface area (Å²) in [4.78, 5) is 38.1. The number of aliphatic imine (C=N–C) groups is 1. The van der Waals surface area contributed by atoms with Crippen LogP contribution in [0.15, 0.2) is 4.99 Å². The number of fused-ring (bicyclic) bond motifs is 1. The van der Waals surface area contributed by atoms with Gasteiger partial charge < -0.3 is 23.7 Å². The highest BCUT2D eigenvalue weighted by atomic mass is 16.7. The maximum Gasteiger partial charge on any atom is 0.303 e. The van der Waals surface area contributed by atoms with Crippen molar-refractivity contribution in [1.29, 1.82) is 0 Å². The highest BCUT2D eigenvalue weighted by Crippen LogP contribution is 2.32. The molecule has 9 heteroatoms. The summed E-state index contributed by atoms with van der Waals surface area (Å²) in [5, 5.41) is 0. The fourth-order valence-corrected chi connectivity index (χ4v) is 2.53. The molecular formula is C14H19NO8. The molecule has 0 aromatic rings. The first kappa shape index (κ1) is 17.2. The zero-order valence-corrected chi connectivity index (χ0v) is 13.3. The Bertz CT molecular complexity index is 531. The molecule has 128 valence electrons. The first-order valence-electron chi connectivity index (χ1n) is 7.12. The fourth-order valence-electron chi connectivity index (χ4n) is 2.53. The Hall–Kier alpha value is -2.16. The number of rotatable bonds is 4. The summed E-state index contributed by atoms with van der Waals surface area (Å²) in [6.07, 6.45) is -3.50. The van der Waals surface area contributed by atoms with Gasteiger partial charge in [-0.1, -0.05) is 0 Å². The average molecular weight is 329 g/mol. The van der Waals surface area contributed by atoms with Crippen LogP contribution in [0.2, 0.25) is 0 Å². The number of hydrogen-bond donors (Lipinski definition) is 0. The molecule has 1 fully saturated rings. The predicted octanol–water partition coefficient (Wildman–Crippen LogP) is -0.0450. The van der Waals surface area contributed by atoms with E-state index in [0.717, 1.165) is 0 Å². The number of carbonyl (C=O) groups excluding carboxylic acids is 3. The normalized spacial score (nSPS) is 32.2. The van der Waals surface area contributed by atoms with Crippen molar-refractivity contribution in [3.05, 3.63) is 0 Å². The second-order valence-corrected chi connectivity index (χ2v) is 5.25. The van der Waals surface area contributed by atoms with Gasteiger partial charge in [0.1, 0.15) is 12.7 Å². The molecule has 0 saturated carbocycles. The van der Waals surface area contributed by atoms with E-state index in [-0.39, 0.29) is 6.61 Å². The lowest BCUT2D eigenvalue weighted by molar-refractivity contribution is -0.249. The van der Waals surface area contributed by atoms with Crippen LogP contribution in [-0.2, 0) is 38.1 Å². The van der Waals surface area contributed by atoms with E-state index < -0.39 is 48.6 Å². The van der Waals surface area contributed by atoms with Crippen LogP contribution < -0.4 is 0 Å². The zero-order valence-electron chi connectivity index (χ0n) is 13.3. The van der Waals surface area contributed by atoms with E-state index in [4.69, 9.17) is 23.7 Å². The van der Waals surface area contributed by atoms with E-state index in [1.807, 2.05) is 0 Å². The first-order chi connectivity index (χ1) is 10.8. The van der Waals surface area contributed by atoms with E-state index in [1.165, 1.54) is 20.8 Å². The highest BCUT2D eigenvalue weighted by Gasteiger charge is 2.53. The molecule has 0 N–H and O–H groups in total. The number of hydrogen-bond acceptors (Lipinski definition) is 9. The molecule has 0 aliphatic carbocycles. The van der Waals surface area contributed by atoms with E-state index >= 15 is 0 Å². The molecule has 0 radical (unpaired) electrons. The summed E-state index contributed by atoms with van der Waals surface area (Å²) in [7, 11) is 0. The van der Waals surface area contributed by atoms with Gasteiger partial charge >= 0.3 is 17.9 Å². The van der Waals surface area contributed by atoms with Crippen molar-refractivity contribution in [3.63, 3.8) is 0 Å². The number of nitrogens with zero attached hydrogens (tertiary/aromatic N) is 1. The van der Waals surface area contributed by atoms with Crippen LogP contribution in [0.25, 0.3) is 0 Å². The van der Waals surface area contributed by atoms with Crippen molar-refractivity contribution >= 4 is 23.8 Å². The van der Waals surface area contributed by atoms with Gasteiger partial charge in [0, 0.05) is 27.7 Å². The van der Waals surface area contributed by atoms with Crippen LogP contribution >= 0.6 is 0 Å². The molecule has 5 atom stereocenters. The van der Waals surface area contributed by atoms with Crippen molar-refractivity contribution in [2.24, 2.45) is 4.99 Å². The minimum absolute atomic E-state index is 0.170. The molecule has 0 bridgehead atoms. The van der Waals surface area contributed by atoms with E-state index in [0.29, 0.717) is 5.90 Å². The monoisotopic (exact) mass is 329 g/mol. The van der Waals surface area contributed by atoms with Gasteiger partial charge in [0.25, 0.3) is 0 Å². The van der Waals surface area contributed by atoms with Gasteiger partial charge in [0.2, 0.25) is 6.29 Å². The molecule has 0 amide bonds. The molecule has 0 spiro atoms. The molecule has 0 aromatic carbocycles. The molecule has 23 heavy (non-hydrogen) atoms. The third-order valence-corrected chi connectivity index (χ3v) is 3.29. The summed E-state index contributed by atoms with van der Waals surface area (Å²) in [5.41, 5.74) is 0. The van der Waals surface area contributed by atoms with Crippen LogP contribution in [0.1, 0.15) is 27.7 Å². The SMILES string of the molecule is CC(=O)OC[C@H]1O[C@@H]2OC(C)=N[C@H]2[C@@H](OC(C)=O)[C@@H]1OC(C)=O. The lowest BCUT2D eigenvalue weighted by Crippen LogP contribution is -2.60. The quantitative estimate of drug-likeness (QED) is 0.522. The standard InChI is InChI=1S/C14H19NO8/c1-6-15-11-13(22-9(4)18)12(21-8(3)17)10(5-19-7(2)16)23-14(11)20-6/h10-14H,5H2,1-4H3/t10-,11+,12-,13-,14+/m1/s1. The second kappa shape index (κ2) is 6.95. The number of carbonyl (C=O) groups is 3. The minimum Gasteiger partial charge on any atom is -0.463 e. The summed E-state index contributed by atoms with van der Waals surface area (Å²) >= 11 is 0. The lowest BCUT2D eigenvalue weighted by atomic mass is 9.97. The molecule has 0 aromatic heterocycles. The maximum atomic E-state index is 11.4. The molecule has 9 nitrogen and oxygen atoms in total. The molecule has 2 aliphatic heterocycles. The molecule has 2 rings (SSSR count). The van der Waals surface area contributed by atoms with Crippen molar-refractivity contribution < 1.29 is 38.1 Å². The Morgan fingerprint density at radius 3 is 2.22 bits per heavy atom. The van der Waals surface area contributed by atoms with Crippen molar-refractivity contribution in [3.8, 4) is 0 Å². The molecule has 0 unspecified atom stereocenters. The van der Waals surface area contributed by atoms with Crippen LogP contribution in [0, 0.1) is 0 Å². The third-order valence-electron chi connectivity index (χ3n) is 3.29. The topological polar surface area (TPSA) is 110 Å². The van der Waals surface area contributed by atoms with Crippen molar-refractivity contribution in [2.45, 2.75) is 58.3 Å². The Morgan fingerprint density at radius 1 is 1.04 bits per heavy atom. The van der Waals surface area contributed by atoms with Crippen LogP contribution in [0.5, 0.6) is 0 Å². The third kappa shape index (κ3) is 4.19. The second-order valence-electron chi connectivity index (χ2n) is 5.25. The van der Waals surface area contributed by atoms with Crippen LogP contribution in [0.4, 0.5) is 0 Å². The largest absolute Gasteiger partial charge is 0.463 e.